The third-order valence-electron chi connectivity index (χ3n) is 3.45. The Kier molecular flexibility index (Phi) is 3.87. The van der Waals surface area contributed by atoms with Crippen LogP contribution in [-0.4, -0.2) is 35.7 Å². The van der Waals surface area contributed by atoms with Crippen molar-refractivity contribution in [3.05, 3.63) is 41.3 Å². The molecule has 0 bridgehead atoms. The third kappa shape index (κ3) is 3.22. The average molecular weight is 286 g/mol. The first-order valence-corrected chi connectivity index (χ1v) is 7.01. The van der Waals surface area contributed by atoms with Crippen molar-refractivity contribution >= 4 is 5.91 Å². The lowest BCUT2D eigenvalue weighted by atomic mass is 10.1. The summed E-state index contributed by atoms with van der Waals surface area (Å²) in [5.74, 6) is 1.32. The Morgan fingerprint density at radius 2 is 2.38 bits per heavy atom. The predicted molar refractivity (Wildman–Crippen MR) is 78.9 cm³/mol. The maximum atomic E-state index is 12.1. The Labute approximate surface area is 122 Å². The summed E-state index contributed by atoms with van der Waals surface area (Å²) in [6.07, 6.45) is 3.09. The normalized spacial score (nSPS) is 14.8. The zero-order valence-electron chi connectivity index (χ0n) is 11.9. The lowest BCUT2D eigenvalue weighted by Gasteiger charge is -2.14. The second-order valence-corrected chi connectivity index (χ2v) is 5.08. The van der Waals surface area contributed by atoms with Gasteiger partial charge in [0.15, 0.2) is 11.5 Å². The Hall–Kier alpha value is -2.34. The van der Waals surface area contributed by atoms with E-state index in [2.05, 4.69) is 26.9 Å². The minimum absolute atomic E-state index is 0.180. The molecular formula is C15H18N4O2. The minimum atomic E-state index is -0.180. The molecule has 0 fully saturated rings. The van der Waals surface area contributed by atoms with Gasteiger partial charge in [0.2, 0.25) is 0 Å². The highest BCUT2D eigenvalue weighted by Crippen LogP contribution is 2.20. The number of aromatic nitrogens is 2. The number of rotatable bonds is 4. The number of H-pyrrole nitrogens is 1. The van der Waals surface area contributed by atoms with Gasteiger partial charge in [-0.1, -0.05) is 11.6 Å². The van der Waals surface area contributed by atoms with Gasteiger partial charge in [-0.05, 0) is 32.0 Å². The molecule has 1 aliphatic heterocycles. The predicted octanol–water partition coefficient (Wildman–Crippen LogP) is 1.63. The number of nitrogens with one attached hydrogen (secondary N) is 3. The van der Waals surface area contributed by atoms with Gasteiger partial charge in [-0.2, -0.15) is 5.10 Å². The molecule has 2 aromatic heterocycles. The van der Waals surface area contributed by atoms with Crippen LogP contribution in [0.15, 0.2) is 34.3 Å². The number of hydrogen-bond donors (Lipinski definition) is 3. The fraction of sp³-hybridized carbons (Fsp3) is 0.333. The summed E-state index contributed by atoms with van der Waals surface area (Å²) in [5.41, 5.74) is 2.32. The molecule has 0 aromatic carbocycles. The van der Waals surface area contributed by atoms with Crippen molar-refractivity contribution in [1.82, 2.24) is 20.8 Å². The second-order valence-electron chi connectivity index (χ2n) is 5.08. The standard InChI is InChI=1S/C15H18N4O2/c1-10-2-3-14(21-10)12-8-13(19-18-12)15(20)17-9-11-4-6-16-7-5-11/h2-4,8,16H,5-7,9H2,1H3,(H,17,20)(H,18,19). The van der Waals surface area contributed by atoms with Gasteiger partial charge < -0.3 is 15.1 Å². The van der Waals surface area contributed by atoms with Gasteiger partial charge in [-0.3, -0.25) is 9.89 Å². The van der Waals surface area contributed by atoms with Crippen LogP contribution >= 0.6 is 0 Å². The summed E-state index contributed by atoms with van der Waals surface area (Å²) in [6.45, 7) is 4.28. The smallest absolute Gasteiger partial charge is 0.272 e. The highest BCUT2D eigenvalue weighted by Gasteiger charge is 2.13. The van der Waals surface area contributed by atoms with Crippen molar-refractivity contribution in [1.29, 1.82) is 0 Å². The number of amides is 1. The monoisotopic (exact) mass is 286 g/mol. The largest absolute Gasteiger partial charge is 0.460 e. The Morgan fingerprint density at radius 3 is 3.10 bits per heavy atom. The summed E-state index contributed by atoms with van der Waals surface area (Å²) in [6, 6.07) is 5.42. The molecule has 0 radical (unpaired) electrons. The van der Waals surface area contributed by atoms with Gasteiger partial charge in [0.1, 0.15) is 11.5 Å². The van der Waals surface area contributed by atoms with E-state index in [1.54, 1.807) is 6.07 Å². The number of furan rings is 1. The molecule has 1 amide bonds. The molecule has 2 aromatic rings. The molecule has 110 valence electrons. The zero-order chi connectivity index (χ0) is 14.7. The summed E-state index contributed by atoms with van der Waals surface area (Å²) in [7, 11) is 0. The van der Waals surface area contributed by atoms with E-state index in [1.807, 2.05) is 19.1 Å². The first kappa shape index (κ1) is 13.6. The van der Waals surface area contributed by atoms with Crippen LogP contribution in [0, 0.1) is 6.92 Å². The van der Waals surface area contributed by atoms with Gasteiger partial charge >= 0.3 is 0 Å². The summed E-state index contributed by atoms with van der Waals surface area (Å²) >= 11 is 0. The number of aromatic amines is 1. The van der Waals surface area contributed by atoms with E-state index >= 15 is 0 Å². The van der Waals surface area contributed by atoms with Crippen LogP contribution in [0.5, 0.6) is 0 Å². The summed E-state index contributed by atoms with van der Waals surface area (Å²) < 4.78 is 5.50. The van der Waals surface area contributed by atoms with Crippen molar-refractivity contribution < 1.29 is 9.21 Å². The van der Waals surface area contributed by atoms with Crippen molar-refractivity contribution in [3.8, 4) is 11.5 Å². The fourth-order valence-electron chi connectivity index (χ4n) is 2.26. The van der Waals surface area contributed by atoms with Crippen molar-refractivity contribution in [2.75, 3.05) is 19.6 Å². The maximum absolute atomic E-state index is 12.1. The van der Waals surface area contributed by atoms with Crippen LogP contribution in [0.1, 0.15) is 22.7 Å². The van der Waals surface area contributed by atoms with E-state index < -0.39 is 0 Å². The highest BCUT2D eigenvalue weighted by molar-refractivity contribution is 5.93. The molecular weight excluding hydrogens is 268 g/mol. The summed E-state index contributed by atoms with van der Waals surface area (Å²) in [4.78, 5) is 12.1. The minimum Gasteiger partial charge on any atom is -0.460 e. The van der Waals surface area contributed by atoms with Gasteiger partial charge in [0.25, 0.3) is 5.91 Å². The van der Waals surface area contributed by atoms with E-state index in [0.717, 1.165) is 25.3 Å². The maximum Gasteiger partial charge on any atom is 0.272 e. The molecule has 0 saturated heterocycles. The molecule has 6 nitrogen and oxygen atoms in total. The van der Waals surface area contributed by atoms with Gasteiger partial charge in [-0.15, -0.1) is 0 Å². The third-order valence-corrected chi connectivity index (χ3v) is 3.45. The molecule has 3 rings (SSSR count). The Morgan fingerprint density at radius 1 is 1.48 bits per heavy atom. The highest BCUT2D eigenvalue weighted by atomic mass is 16.3. The molecule has 21 heavy (non-hydrogen) atoms. The number of carbonyl (C=O) groups is 1. The van der Waals surface area contributed by atoms with Gasteiger partial charge in [0, 0.05) is 19.2 Å². The van der Waals surface area contributed by atoms with Crippen LogP contribution in [-0.2, 0) is 0 Å². The Bertz CT molecular complexity index is 669. The molecule has 0 saturated carbocycles. The number of carbonyl (C=O) groups excluding carboxylic acids is 1. The average Bonchev–Trinajstić information content (AvgIpc) is 3.14. The molecule has 0 unspecified atom stereocenters. The van der Waals surface area contributed by atoms with Crippen LogP contribution in [0.4, 0.5) is 0 Å². The van der Waals surface area contributed by atoms with Crippen molar-refractivity contribution in [2.45, 2.75) is 13.3 Å². The lowest BCUT2D eigenvalue weighted by molar-refractivity contribution is 0.0951. The fourth-order valence-corrected chi connectivity index (χ4v) is 2.26. The van der Waals surface area contributed by atoms with Gasteiger partial charge in [0.05, 0.1) is 0 Å². The lowest BCUT2D eigenvalue weighted by Crippen LogP contribution is -2.29. The molecule has 0 atom stereocenters. The van der Waals surface area contributed by atoms with E-state index in [0.29, 0.717) is 23.7 Å². The SMILES string of the molecule is Cc1ccc(-c2cc(C(=O)NCC3=CCNCC3)n[nH]2)o1. The molecule has 3 N–H and O–H groups in total. The molecule has 6 heteroatoms. The molecule has 0 aliphatic carbocycles. The summed E-state index contributed by atoms with van der Waals surface area (Å²) in [5, 5.41) is 13.0. The quantitative estimate of drug-likeness (QED) is 0.746. The van der Waals surface area contributed by atoms with Crippen LogP contribution in [0.25, 0.3) is 11.5 Å². The van der Waals surface area contributed by atoms with Crippen LogP contribution in [0.3, 0.4) is 0 Å². The van der Waals surface area contributed by atoms with E-state index in [4.69, 9.17) is 4.42 Å². The molecule has 1 aliphatic rings. The first-order valence-electron chi connectivity index (χ1n) is 7.01. The van der Waals surface area contributed by atoms with E-state index in [-0.39, 0.29) is 5.91 Å². The van der Waals surface area contributed by atoms with Crippen molar-refractivity contribution in [2.24, 2.45) is 0 Å². The zero-order valence-corrected chi connectivity index (χ0v) is 11.9. The number of aryl methyl sites for hydroxylation is 1. The van der Waals surface area contributed by atoms with Crippen LogP contribution in [0.2, 0.25) is 0 Å². The van der Waals surface area contributed by atoms with E-state index in [9.17, 15) is 4.79 Å². The second kappa shape index (κ2) is 5.97. The molecule has 0 spiro atoms. The molecule has 3 heterocycles. The Balaban J connectivity index is 1.62. The van der Waals surface area contributed by atoms with Gasteiger partial charge in [-0.25, -0.2) is 0 Å². The topological polar surface area (TPSA) is 83.0 Å². The number of hydrogen-bond acceptors (Lipinski definition) is 4. The number of nitrogens with zero attached hydrogens (tertiary/aromatic N) is 1. The van der Waals surface area contributed by atoms with E-state index in [1.165, 1.54) is 5.57 Å². The van der Waals surface area contributed by atoms with Crippen LogP contribution < -0.4 is 10.6 Å². The van der Waals surface area contributed by atoms with Crippen molar-refractivity contribution in [3.63, 3.8) is 0 Å². The first-order chi connectivity index (χ1) is 10.2.